The van der Waals surface area contributed by atoms with Crippen molar-refractivity contribution >= 4 is 34.8 Å². The van der Waals surface area contributed by atoms with Crippen molar-refractivity contribution in [1.29, 1.82) is 0 Å². The predicted molar refractivity (Wildman–Crippen MR) is 83.2 cm³/mol. The number of halogens is 3. The summed E-state index contributed by atoms with van der Waals surface area (Å²) in [6.07, 6.45) is 0. The van der Waals surface area contributed by atoms with Gasteiger partial charge in [0.15, 0.2) is 0 Å². The summed E-state index contributed by atoms with van der Waals surface area (Å²) in [4.78, 5) is 0. The Labute approximate surface area is 132 Å². The maximum atomic E-state index is 9.36. The van der Waals surface area contributed by atoms with Crippen LogP contribution in [0.15, 0.2) is 48.5 Å². The highest BCUT2D eigenvalue weighted by molar-refractivity contribution is 6.68. The van der Waals surface area contributed by atoms with E-state index in [9.17, 15) is 5.11 Å². The zero-order valence-corrected chi connectivity index (χ0v) is 13.0. The van der Waals surface area contributed by atoms with E-state index in [1.165, 1.54) is 0 Å². The van der Waals surface area contributed by atoms with Crippen LogP contribution < -0.4 is 4.74 Å². The van der Waals surface area contributed by atoms with E-state index in [-0.39, 0.29) is 5.75 Å². The first-order valence-corrected chi connectivity index (χ1v) is 7.05. The van der Waals surface area contributed by atoms with Crippen molar-refractivity contribution in [2.75, 3.05) is 7.11 Å². The molecule has 0 saturated heterocycles. The molecule has 0 unspecified atom stereocenters. The third-order valence-corrected chi connectivity index (χ3v) is 3.66. The van der Waals surface area contributed by atoms with Crippen LogP contribution in [0.5, 0.6) is 11.5 Å². The lowest BCUT2D eigenvalue weighted by Crippen LogP contribution is -2.18. The van der Waals surface area contributed by atoms with Gasteiger partial charge in [-0.05, 0) is 35.4 Å². The van der Waals surface area contributed by atoms with Crippen LogP contribution in [0.2, 0.25) is 0 Å². The maximum absolute atomic E-state index is 9.36. The summed E-state index contributed by atoms with van der Waals surface area (Å²) in [5.41, 5.74) is 1.67. The first kappa shape index (κ1) is 15.3. The Morgan fingerprint density at radius 2 is 1.35 bits per heavy atom. The maximum Gasteiger partial charge on any atom is 0.201 e. The van der Waals surface area contributed by atoms with Crippen molar-refractivity contribution in [3.05, 3.63) is 59.7 Å². The van der Waals surface area contributed by atoms with Gasteiger partial charge >= 0.3 is 0 Å². The summed E-state index contributed by atoms with van der Waals surface area (Å²) < 4.78 is 3.63. The van der Waals surface area contributed by atoms with Gasteiger partial charge in [0.1, 0.15) is 11.5 Å². The van der Waals surface area contributed by atoms with Crippen molar-refractivity contribution in [2.45, 2.75) is 9.71 Å². The van der Waals surface area contributed by atoms with Crippen LogP contribution in [0.25, 0.3) is 0 Å². The molecule has 0 heterocycles. The highest BCUT2D eigenvalue weighted by Gasteiger charge is 2.35. The van der Waals surface area contributed by atoms with E-state index in [0.717, 1.165) is 16.9 Å². The average molecular weight is 332 g/mol. The smallest absolute Gasteiger partial charge is 0.201 e. The van der Waals surface area contributed by atoms with Crippen LogP contribution in [0.1, 0.15) is 17.0 Å². The Morgan fingerprint density at radius 1 is 0.900 bits per heavy atom. The van der Waals surface area contributed by atoms with Crippen molar-refractivity contribution < 1.29 is 9.84 Å². The number of aromatic hydroxyl groups is 1. The second-order valence-electron chi connectivity index (χ2n) is 4.34. The number of hydrogen-bond donors (Lipinski definition) is 1. The summed E-state index contributed by atoms with van der Waals surface area (Å²) in [5, 5.41) is 9.36. The summed E-state index contributed by atoms with van der Waals surface area (Å²) >= 11 is 18.4. The topological polar surface area (TPSA) is 29.5 Å². The first-order valence-electron chi connectivity index (χ1n) is 5.91. The molecular formula is C15H13Cl3O2. The first-order chi connectivity index (χ1) is 9.41. The summed E-state index contributed by atoms with van der Waals surface area (Å²) in [5.74, 6) is 0.480. The highest BCUT2D eigenvalue weighted by Crippen LogP contribution is 2.46. The third kappa shape index (κ3) is 3.51. The van der Waals surface area contributed by atoms with Gasteiger partial charge in [-0.15, -0.1) is 0 Å². The molecule has 1 atom stereocenters. The molecule has 0 fully saturated rings. The van der Waals surface area contributed by atoms with E-state index in [0.29, 0.717) is 0 Å². The minimum Gasteiger partial charge on any atom is -0.508 e. The molecule has 2 nitrogen and oxygen atoms in total. The average Bonchev–Trinajstić information content (AvgIpc) is 2.41. The van der Waals surface area contributed by atoms with Crippen molar-refractivity contribution in [3.8, 4) is 11.5 Å². The minimum atomic E-state index is -1.49. The lowest BCUT2D eigenvalue weighted by atomic mass is 9.92. The monoisotopic (exact) mass is 330 g/mol. The molecule has 2 rings (SSSR count). The standard InChI is InChI=1S/C15H13Cl3O2/c1-20-13-8-4-11(5-9-13)14(15(16,17)18)10-2-6-12(19)7-3-10/h2-9,14,19H,1H3/t14-/m0/s1. The molecule has 0 amide bonds. The van der Waals surface area contributed by atoms with E-state index in [2.05, 4.69) is 0 Å². The van der Waals surface area contributed by atoms with Crippen LogP contribution in [0, 0.1) is 0 Å². The van der Waals surface area contributed by atoms with Crippen LogP contribution in [-0.4, -0.2) is 16.0 Å². The van der Waals surface area contributed by atoms with Crippen molar-refractivity contribution in [2.24, 2.45) is 0 Å². The largest absolute Gasteiger partial charge is 0.508 e. The number of ether oxygens (including phenoxy) is 1. The molecule has 1 N–H and O–H groups in total. The Hall–Kier alpha value is -1.09. The number of phenols is 1. The van der Waals surface area contributed by atoms with E-state index >= 15 is 0 Å². The number of methoxy groups -OCH3 is 1. The molecule has 0 radical (unpaired) electrons. The normalized spacial score (nSPS) is 13.0. The summed E-state index contributed by atoms with van der Waals surface area (Å²) in [6, 6.07) is 14.0. The molecule has 0 aromatic heterocycles. The Balaban J connectivity index is 2.44. The van der Waals surface area contributed by atoms with Crippen LogP contribution >= 0.6 is 34.8 Å². The lowest BCUT2D eigenvalue weighted by Gasteiger charge is -2.25. The predicted octanol–water partition coefficient (Wildman–Crippen LogP) is 4.90. The summed E-state index contributed by atoms with van der Waals surface area (Å²) in [7, 11) is 1.60. The zero-order chi connectivity index (χ0) is 14.8. The second-order valence-corrected chi connectivity index (χ2v) is 6.71. The number of alkyl halides is 3. The van der Waals surface area contributed by atoms with Gasteiger partial charge in [0.05, 0.1) is 13.0 Å². The molecular weight excluding hydrogens is 319 g/mol. The van der Waals surface area contributed by atoms with E-state index in [4.69, 9.17) is 39.5 Å². The zero-order valence-electron chi connectivity index (χ0n) is 10.7. The Morgan fingerprint density at radius 3 is 1.75 bits per heavy atom. The van der Waals surface area contributed by atoms with Crippen LogP contribution in [-0.2, 0) is 0 Å². The minimum absolute atomic E-state index is 0.173. The van der Waals surface area contributed by atoms with Gasteiger partial charge < -0.3 is 9.84 Å². The lowest BCUT2D eigenvalue weighted by molar-refractivity contribution is 0.414. The molecule has 0 spiro atoms. The number of rotatable bonds is 3. The Kier molecular flexibility index (Phi) is 4.69. The van der Waals surface area contributed by atoms with Gasteiger partial charge in [-0.25, -0.2) is 0 Å². The van der Waals surface area contributed by atoms with Crippen LogP contribution in [0.4, 0.5) is 0 Å². The second kappa shape index (κ2) is 6.13. The summed E-state index contributed by atoms with van der Waals surface area (Å²) in [6.45, 7) is 0. The van der Waals surface area contributed by atoms with Gasteiger partial charge in [0, 0.05) is 0 Å². The van der Waals surface area contributed by atoms with Gasteiger partial charge in [-0.2, -0.15) is 0 Å². The van der Waals surface area contributed by atoms with E-state index in [1.54, 1.807) is 31.4 Å². The fourth-order valence-corrected chi connectivity index (χ4v) is 2.79. The number of benzene rings is 2. The van der Waals surface area contributed by atoms with Gasteiger partial charge in [0.2, 0.25) is 3.79 Å². The molecule has 2 aromatic rings. The third-order valence-electron chi connectivity index (χ3n) is 3.00. The highest BCUT2D eigenvalue weighted by atomic mass is 35.6. The molecule has 0 aliphatic heterocycles. The molecule has 5 heteroatoms. The van der Waals surface area contributed by atoms with Gasteiger partial charge in [-0.3, -0.25) is 0 Å². The van der Waals surface area contributed by atoms with E-state index < -0.39 is 9.71 Å². The molecule has 0 saturated carbocycles. The van der Waals surface area contributed by atoms with Crippen molar-refractivity contribution in [3.63, 3.8) is 0 Å². The fraction of sp³-hybridized carbons (Fsp3) is 0.200. The Bertz CT molecular complexity index is 559. The molecule has 20 heavy (non-hydrogen) atoms. The number of phenolic OH excluding ortho intramolecular Hbond substituents is 1. The fourth-order valence-electron chi connectivity index (χ4n) is 2.03. The quantitative estimate of drug-likeness (QED) is 0.810. The number of hydrogen-bond acceptors (Lipinski definition) is 2. The van der Waals surface area contributed by atoms with Gasteiger partial charge in [0.25, 0.3) is 0 Å². The van der Waals surface area contributed by atoms with E-state index in [1.807, 2.05) is 24.3 Å². The SMILES string of the molecule is COc1ccc([C@H](c2ccc(O)cc2)C(Cl)(Cl)Cl)cc1. The van der Waals surface area contributed by atoms with Gasteiger partial charge in [-0.1, -0.05) is 59.1 Å². The van der Waals surface area contributed by atoms with Crippen molar-refractivity contribution in [1.82, 2.24) is 0 Å². The molecule has 0 aliphatic rings. The van der Waals surface area contributed by atoms with Crippen LogP contribution in [0.3, 0.4) is 0 Å². The molecule has 0 bridgehead atoms. The molecule has 106 valence electrons. The molecule has 2 aromatic carbocycles. The molecule has 0 aliphatic carbocycles.